The molecule has 2 aliphatic rings. The van der Waals surface area contributed by atoms with E-state index >= 15 is 0 Å². The smallest absolute Gasteiger partial charge is 0.205 e. The first kappa shape index (κ1) is 7.82. The fourth-order valence-electron chi connectivity index (χ4n) is 1.68. The van der Waals surface area contributed by atoms with Crippen LogP contribution in [0.4, 0.5) is 0 Å². The molecule has 1 atom stereocenters. The third-order valence-corrected chi connectivity index (χ3v) is 3.37. The van der Waals surface area contributed by atoms with E-state index in [9.17, 15) is 9.00 Å². The topological polar surface area (TPSA) is 46.5 Å². The van der Waals surface area contributed by atoms with Crippen molar-refractivity contribution in [2.75, 3.05) is 0 Å². The Kier molecular flexibility index (Phi) is 1.39. The number of rotatable bonds is 0. The lowest BCUT2D eigenvalue weighted by atomic mass is 9.95. The minimum absolute atomic E-state index is 0.157. The average molecular weight is 203 g/mol. The van der Waals surface area contributed by atoms with Gasteiger partial charge in [-0.05, 0) is 17.7 Å². The maximum Gasteiger partial charge on any atom is 0.205 e. The van der Waals surface area contributed by atoms with E-state index < -0.39 is 11.0 Å². The van der Waals surface area contributed by atoms with Gasteiger partial charge in [0.2, 0.25) is 5.78 Å². The molecule has 1 unspecified atom stereocenters. The van der Waals surface area contributed by atoms with Crippen molar-refractivity contribution in [3.8, 4) is 0 Å². The van der Waals surface area contributed by atoms with E-state index in [0.717, 1.165) is 11.1 Å². The third kappa shape index (κ3) is 0.834. The van der Waals surface area contributed by atoms with Crippen LogP contribution in [-0.4, -0.2) is 15.7 Å². The zero-order chi connectivity index (χ0) is 9.71. The summed E-state index contributed by atoms with van der Waals surface area (Å²) in [7, 11) is -1.39. The molecule has 1 aromatic carbocycles. The van der Waals surface area contributed by atoms with Crippen molar-refractivity contribution in [1.29, 1.82) is 0 Å². The fraction of sp³-hybridized carbons (Fsp3) is 0. The Morgan fingerprint density at radius 2 is 2.07 bits per heavy atom. The number of ketones is 1. The Hall–Kier alpha value is -1.55. The van der Waals surface area contributed by atoms with Gasteiger partial charge in [-0.25, -0.2) is 4.21 Å². The molecule has 0 bridgehead atoms. The zero-order valence-corrected chi connectivity index (χ0v) is 7.88. The average Bonchev–Trinajstić information content (AvgIpc) is 2.53. The van der Waals surface area contributed by atoms with Gasteiger partial charge >= 0.3 is 0 Å². The number of hydrogen-bond acceptors (Lipinski definition) is 2. The number of carbonyl (C=O) groups excluding carboxylic acids is 1. The SMILES string of the molecule is O=C1C=Cc2cccc3c2C1=NS3=O. The zero-order valence-electron chi connectivity index (χ0n) is 7.06. The standard InChI is InChI=1S/C10H5NO2S/c12-7-5-4-6-2-1-3-8-9(6)10(7)11-14(8)13/h1-5H. The molecule has 0 saturated carbocycles. The molecular formula is C10H5NO2S. The number of allylic oxidation sites excluding steroid dienone is 1. The lowest BCUT2D eigenvalue weighted by molar-refractivity contribution is -0.108. The Balaban J connectivity index is 2.45. The van der Waals surface area contributed by atoms with Gasteiger partial charge in [-0.2, -0.15) is 4.40 Å². The van der Waals surface area contributed by atoms with Gasteiger partial charge in [0.15, 0.2) is 11.0 Å². The van der Waals surface area contributed by atoms with Crippen molar-refractivity contribution in [2.45, 2.75) is 4.90 Å². The van der Waals surface area contributed by atoms with Gasteiger partial charge in [0.05, 0.1) is 4.90 Å². The van der Waals surface area contributed by atoms with E-state index in [1.165, 1.54) is 6.08 Å². The van der Waals surface area contributed by atoms with Gasteiger partial charge in [-0.15, -0.1) is 0 Å². The van der Waals surface area contributed by atoms with Crippen molar-refractivity contribution >= 4 is 28.6 Å². The van der Waals surface area contributed by atoms with Crippen molar-refractivity contribution in [1.82, 2.24) is 0 Å². The minimum atomic E-state index is -1.39. The highest BCUT2D eigenvalue weighted by molar-refractivity contribution is 7.84. The molecule has 0 fully saturated rings. The molecule has 0 spiro atoms. The highest BCUT2D eigenvalue weighted by Crippen LogP contribution is 2.30. The van der Waals surface area contributed by atoms with Crippen LogP contribution < -0.4 is 0 Å². The van der Waals surface area contributed by atoms with Gasteiger partial charge in [-0.3, -0.25) is 4.79 Å². The minimum Gasteiger partial charge on any atom is -0.287 e. The van der Waals surface area contributed by atoms with Crippen LogP contribution in [0.1, 0.15) is 11.1 Å². The van der Waals surface area contributed by atoms with E-state index in [-0.39, 0.29) is 5.78 Å². The molecule has 0 amide bonds. The number of nitrogens with zero attached hydrogens (tertiary/aromatic N) is 1. The Morgan fingerprint density at radius 1 is 1.21 bits per heavy atom. The third-order valence-electron chi connectivity index (χ3n) is 2.31. The van der Waals surface area contributed by atoms with E-state index in [1.807, 2.05) is 12.1 Å². The largest absolute Gasteiger partial charge is 0.287 e. The van der Waals surface area contributed by atoms with Gasteiger partial charge in [0, 0.05) is 5.56 Å². The lowest BCUT2D eigenvalue weighted by Crippen LogP contribution is -2.15. The second kappa shape index (κ2) is 2.48. The molecule has 1 aromatic rings. The first-order chi connectivity index (χ1) is 6.77. The number of carbonyl (C=O) groups is 1. The summed E-state index contributed by atoms with van der Waals surface area (Å²) in [6, 6.07) is 5.46. The van der Waals surface area contributed by atoms with E-state index in [0.29, 0.717) is 10.6 Å². The molecule has 3 nitrogen and oxygen atoms in total. The molecule has 1 heterocycles. The summed E-state index contributed by atoms with van der Waals surface area (Å²) >= 11 is 0. The van der Waals surface area contributed by atoms with Crippen molar-refractivity contribution in [3.63, 3.8) is 0 Å². The predicted molar refractivity (Wildman–Crippen MR) is 53.4 cm³/mol. The molecule has 0 saturated heterocycles. The summed E-state index contributed by atoms with van der Waals surface area (Å²) in [5, 5.41) is 0. The van der Waals surface area contributed by atoms with Gasteiger partial charge < -0.3 is 0 Å². The lowest BCUT2D eigenvalue weighted by Gasteiger charge is -2.07. The molecule has 0 N–H and O–H groups in total. The van der Waals surface area contributed by atoms with Crippen molar-refractivity contribution in [2.24, 2.45) is 4.40 Å². The van der Waals surface area contributed by atoms with Crippen molar-refractivity contribution < 1.29 is 9.00 Å². The van der Waals surface area contributed by atoms with Crippen molar-refractivity contribution in [3.05, 3.63) is 35.4 Å². The maximum absolute atomic E-state index is 11.5. The molecule has 1 aliphatic heterocycles. The first-order valence-electron chi connectivity index (χ1n) is 4.14. The monoisotopic (exact) mass is 203 g/mol. The number of benzene rings is 1. The van der Waals surface area contributed by atoms with Crippen LogP contribution in [0.5, 0.6) is 0 Å². The molecule has 0 radical (unpaired) electrons. The van der Waals surface area contributed by atoms with E-state index in [1.54, 1.807) is 12.1 Å². The summed E-state index contributed by atoms with van der Waals surface area (Å²) in [4.78, 5) is 12.1. The van der Waals surface area contributed by atoms with Crippen LogP contribution in [0.3, 0.4) is 0 Å². The van der Waals surface area contributed by atoms with Crippen LogP contribution >= 0.6 is 0 Å². The van der Waals surface area contributed by atoms with Crippen LogP contribution in [0.15, 0.2) is 33.6 Å². The molecular weight excluding hydrogens is 198 g/mol. The predicted octanol–water partition coefficient (Wildman–Crippen LogP) is 1.11. The first-order valence-corrected chi connectivity index (χ1v) is 5.24. The second-order valence-corrected chi connectivity index (χ2v) is 4.23. The molecule has 3 rings (SSSR count). The molecule has 68 valence electrons. The molecule has 1 aliphatic carbocycles. The summed E-state index contributed by atoms with van der Waals surface area (Å²) in [5.41, 5.74) is 2.02. The fourth-order valence-corrected chi connectivity index (χ4v) is 2.71. The summed E-state index contributed by atoms with van der Waals surface area (Å²) in [6.07, 6.45) is 3.20. The van der Waals surface area contributed by atoms with E-state index in [2.05, 4.69) is 4.40 Å². The van der Waals surface area contributed by atoms with Crippen LogP contribution in [-0.2, 0) is 15.8 Å². The Bertz CT molecular complexity index is 543. The molecule has 14 heavy (non-hydrogen) atoms. The maximum atomic E-state index is 11.5. The van der Waals surface area contributed by atoms with Gasteiger partial charge in [0.25, 0.3) is 0 Å². The molecule has 0 aromatic heterocycles. The second-order valence-electron chi connectivity index (χ2n) is 3.11. The summed E-state index contributed by atoms with van der Waals surface area (Å²) in [6.45, 7) is 0. The normalized spacial score (nSPS) is 22.1. The Morgan fingerprint density at radius 3 is 2.93 bits per heavy atom. The van der Waals surface area contributed by atoms with Crippen LogP contribution in [0, 0.1) is 0 Å². The van der Waals surface area contributed by atoms with E-state index in [4.69, 9.17) is 0 Å². The highest BCUT2D eigenvalue weighted by Gasteiger charge is 2.30. The van der Waals surface area contributed by atoms with Gasteiger partial charge in [-0.1, -0.05) is 18.2 Å². The quantitative estimate of drug-likeness (QED) is 0.634. The summed E-state index contributed by atoms with van der Waals surface area (Å²) < 4.78 is 15.4. The summed E-state index contributed by atoms with van der Waals surface area (Å²) in [5.74, 6) is -0.157. The van der Waals surface area contributed by atoms with Crippen LogP contribution in [0.25, 0.3) is 6.08 Å². The molecule has 4 heteroatoms. The van der Waals surface area contributed by atoms with Gasteiger partial charge in [0.1, 0.15) is 5.71 Å². The highest BCUT2D eigenvalue weighted by atomic mass is 32.2. The Labute approximate surface area is 82.8 Å². The number of hydrogen-bond donors (Lipinski definition) is 0. The van der Waals surface area contributed by atoms with Crippen LogP contribution in [0.2, 0.25) is 0 Å².